The van der Waals surface area contributed by atoms with Crippen LogP contribution >= 0.6 is 0 Å². The van der Waals surface area contributed by atoms with Crippen LogP contribution in [0, 0.1) is 11.6 Å². The predicted molar refractivity (Wildman–Crippen MR) is 111 cm³/mol. The molecule has 0 aliphatic rings. The number of nitrogens with one attached hydrogen (secondary N) is 1. The molecular weight excluding hydrogens is 459 g/mol. The van der Waals surface area contributed by atoms with Gasteiger partial charge in [0.15, 0.2) is 5.82 Å². The third kappa shape index (κ3) is 4.98. The van der Waals surface area contributed by atoms with Gasteiger partial charge in [-0.1, -0.05) is 12.1 Å². The van der Waals surface area contributed by atoms with E-state index < -0.39 is 34.8 Å². The van der Waals surface area contributed by atoms with Crippen molar-refractivity contribution in [3.8, 4) is 22.9 Å². The van der Waals surface area contributed by atoms with E-state index in [0.717, 1.165) is 48.8 Å². The summed E-state index contributed by atoms with van der Waals surface area (Å²) < 4.78 is 73.8. The van der Waals surface area contributed by atoms with Gasteiger partial charge in [0.25, 0.3) is 5.91 Å². The molecule has 2 aromatic carbocycles. The van der Waals surface area contributed by atoms with Crippen molar-refractivity contribution >= 4 is 11.7 Å². The molecule has 4 rings (SSSR count). The number of ether oxygens (including phenoxy) is 1. The van der Waals surface area contributed by atoms with Crippen molar-refractivity contribution < 1.29 is 31.5 Å². The lowest BCUT2D eigenvalue weighted by Crippen LogP contribution is -2.16. The van der Waals surface area contributed by atoms with Crippen LogP contribution in [-0.4, -0.2) is 20.9 Å². The van der Waals surface area contributed by atoms with Crippen LogP contribution in [0.1, 0.15) is 15.9 Å². The summed E-state index contributed by atoms with van der Waals surface area (Å²) in [5.41, 5.74) is -2.31. The fraction of sp³-hybridized carbons (Fsp3) is 0.0435. The number of nitrogens with zero attached hydrogens (tertiary/aromatic N) is 3. The SMILES string of the molecule is O=C(Nc1cnc(-c2cc(Oc3ccccn3)ccc2C(F)(F)F)cn1)c1c(F)cccc1F. The van der Waals surface area contributed by atoms with Crippen LogP contribution in [0.4, 0.5) is 27.8 Å². The lowest BCUT2D eigenvalue weighted by molar-refractivity contribution is -0.137. The normalized spacial score (nSPS) is 11.2. The minimum absolute atomic E-state index is 0.0795. The van der Waals surface area contributed by atoms with Crippen LogP contribution in [-0.2, 0) is 6.18 Å². The molecule has 34 heavy (non-hydrogen) atoms. The molecule has 0 aliphatic carbocycles. The van der Waals surface area contributed by atoms with Gasteiger partial charge in [-0.2, -0.15) is 13.2 Å². The number of carbonyl (C=O) groups is 1. The zero-order valence-electron chi connectivity index (χ0n) is 17.0. The summed E-state index contributed by atoms with van der Waals surface area (Å²) in [5, 5.41) is 2.16. The van der Waals surface area contributed by atoms with E-state index in [1.807, 2.05) is 0 Å². The van der Waals surface area contributed by atoms with E-state index in [9.17, 15) is 26.7 Å². The Hall–Kier alpha value is -4.41. The highest BCUT2D eigenvalue weighted by Gasteiger charge is 2.34. The van der Waals surface area contributed by atoms with Gasteiger partial charge in [0.1, 0.15) is 22.9 Å². The molecular formula is C23H13F5N4O2. The molecule has 0 saturated heterocycles. The van der Waals surface area contributed by atoms with E-state index in [1.54, 1.807) is 12.1 Å². The van der Waals surface area contributed by atoms with E-state index in [-0.39, 0.29) is 28.7 Å². The molecule has 0 spiro atoms. The quantitative estimate of drug-likeness (QED) is 0.367. The molecule has 0 saturated carbocycles. The molecule has 1 amide bonds. The van der Waals surface area contributed by atoms with Crippen LogP contribution in [0.2, 0.25) is 0 Å². The minimum atomic E-state index is -4.70. The van der Waals surface area contributed by atoms with E-state index >= 15 is 0 Å². The summed E-state index contributed by atoms with van der Waals surface area (Å²) >= 11 is 0. The second-order valence-corrected chi connectivity index (χ2v) is 6.81. The van der Waals surface area contributed by atoms with Gasteiger partial charge in [0.2, 0.25) is 5.88 Å². The van der Waals surface area contributed by atoms with Gasteiger partial charge in [-0.25, -0.2) is 18.7 Å². The number of rotatable bonds is 5. The zero-order chi connectivity index (χ0) is 24.3. The lowest BCUT2D eigenvalue weighted by Gasteiger charge is -2.14. The first kappa shape index (κ1) is 22.8. The van der Waals surface area contributed by atoms with E-state index in [4.69, 9.17) is 4.74 Å². The summed E-state index contributed by atoms with van der Waals surface area (Å²) in [6.45, 7) is 0. The maximum atomic E-state index is 13.8. The lowest BCUT2D eigenvalue weighted by atomic mass is 10.0. The van der Waals surface area contributed by atoms with Crippen LogP contribution < -0.4 is 10.1 Å². The van der Waals surface area contributed by atoms with Crippen molar-refractivity contribution in [2.75, 3.05) is 5.32 Å². The summed E-state index contributed by atoms with van der Waals surface area (Å²) in [7, 11) is 0. The summed E-state index contributed by atoms with van der Waals surface area (Å²) in [6.07, 6.45) is -1.28. The number of pyridine rings is 1. The Morgan fingerprint density at radius 3 is 2.26 bits per heavy atom. The third-order valence-corrected chi connectivity index (χ3v) is 4.52. The minimum Gasteiger partial charge on any atom is -0.439 e. The van der Waals surface area contributed by atoms with Crippen molar-refractivity contribution in [2.45, 2.75) is 6.18 Å². The number of anilines is 1. The average molecular weight is 472 g/mol. The number of aromatic nitrogens is 3. The highest BCUT2D eigenvalue weighted by molar-refractivity contribution is 6.04. The zero-order valence-corrected chi connectivity index (χ0v) is 17.0. The second kappa shape index (κ2) is 9.22. The molecule has 0 bridgehead atoms. The monoisotopic (exact) mass is 472 g/mol. The Morgan fingerprint density at radius 1 is 0.882 bits per heavy atom. The highest BCUT2D eigenvalue weighted by Crippen LogP contribution is 2.39. The van der Waals surface area contributed by atoms with Gasteiger partial charge in [-0.15, -0.1) is 0 Å². The summed E-state index contributed by atoms with van der Waals surface area (Å²) in [5.74, 6) is -3.25. The summed E-state index contributed by atoms with van der Waals surface area (Å²) in [6, 6.07) is 10.9. The number of alkyl halides is 3. The molecule has 1 N–H and O–H groups in total. The molecule has 4 aromatic rings. The highest BCUT2D eigenvalue weighted by atomic mass is 19.4. The van der Waals surface area contributed by atoms with Crippen LogP contribution in [0.15, 0.2) is 73.2 Å². The Balaban J connectivity index is 1.63. The van der Waals surface area contributed by atoms with Gasteiger partial charge in [0.05, 0.1) is 23.7 Å². The molecule has 0 aliphatic heterocycles. The van der Waals surface area contributed by atoms with Crippen LogP contribution in [0.25, 0.3) is 11.3 Å². The molecule has 2 aromatic heterocycles. The molecule has 6 nitrogen and oxygen atoms in total. The maximum Gasteiger partial charge on any atom is 0.417 e. The Kier molecular flexibility index (Phi) is 6.17. The fourth-order valence-corrected chi connectivity index (χ4v) is 3.00. The molecule has 11 heteroatoms. The smallest absolute Gasteiger partial charge is 0.417 e. The van der Waals surface area contributed by atoms with Crippen LogP contribution in [0.3, 0.4) is 0 Å². The first-order valence-electron chi connectivity index (χ1n) is 9.60. The third-order valence-electron chi connectivity index (χ3n) is 4.52. The number of benzene rings is 2. The second-order valence-electron chi connectivity index (χ2n) is 6.81. The number of carbonyl (C=O) groups excluding carboxylic acids is 1. The average Bonchev–Trinajstić information content (AvgIpc) is 2.79. The standard InChI is InChI=1S/C23H13F5N4O2/c24-16-4-3-5-17(25)21(16)22(33)32-19-12-30-18(11-31-19)14-10-13(7-8-15(14)23(26,27)28)34-20-6-1-2-9-29-20/h1-12H,(H,31,32,33). The molecule has 0 radical (unpaired) electrons. The van der Waals surface area contributed by atoms with Crippen molar-refractivity contribution in [3.05, 3.63) is 95.9 Å². The van der Waals surface area contributed by atoms with E-state index in [0.29, 0.717) is 0 Å². The molecule has 0 unspecified atom stereocenters. The van der Waals surface area contributed by atoms with Crippen molar-refractivity contribution in [1.29, 1.82) is 0 Å². The molecule has 0 fully saturated rings. The van der Waals surface area contributed by atoms with Gasteiger partial charge < -0.3 is 10.1 Å². The van der Waals surface area contributed by atoms with Crippen LogP contribution in [0.5, 0.6) is 11.6 Å². The topological polar surface area (TPSA) is 77.0 Å². The van der Waals surface area contributed by atoms with Gasteiger partial charge in [-0.3, -0.25) is 9.78 Å². The molecule has 0 atom stereocenters. The predicted octanol–water partition coefficient (Wildman–Crippen LogP) is 5.88. The van der Waals surface area contributed by atoms with Gasteiger partial charge in [-0.05, 0) is 36.4 Å². The first-order valence-corrected chi connectivity index (χ1v) is 9.60. The van der Waals surface area contributed by atoms with Crippen molar-refractivity contribution in [2.24, 2.45) is 0 Å². The van der Waals surface area contributed by atoms with Gasteiger partial charge >= 0.3 is 6.18 Å². The Bertz CT molecular complexity index is 1310. The maximum absolute atomic E-state index is 13.8. The van der Waals surface area contributed by atoms with Crippen molar-refractivity contribution in [3.63, 3.8) is 0 Å². The number of hydrogen-bond acceptors (Lipinski definition) is 5. The fourth-order valence-electron chi connectivity index (χ4n) is 3.00. The van der Waals surface area contributed by atoms with Gasteiger partial charge in [0, 0.05) is 17.8 Å². The molecule has 172 valence electrons. The van der Waals surface area contributed by atoms with E-state index in [1.165, 1.54) is 12.3 Å². The van der Waals surface area contributed by atoms with Crippen molar-refractivity contribution in [1.82, 2.24) is 15.0 Å². The number of amides is 1. The largest absolute Gasteiger partial charge is 0.439 e. The Labute approximate surface area is 189 Å². The number of halogens is 5. The van der Waals surface area contributed by atoms with E-state index in [2.05, 4.69) is 20.3 Å². The molecule has 2 heterocycles. The first-order chi connectivity index (χ1) is 16.2. The summed E-state index contributed by atoms with van der Waals surface area (Å²) in [4.78, 5) is 23.9. The Morgan fingerprint density at radius 2 is 1.65 bits per heavy atom. The number of hydrogen-bond donors (Lipinski definition) is 1.